The van der Waals surface area contributed by atoms with E-state index in [4.69, 9.17) is 11.6 Å². The summed E-state index contributed by atoms with van der Waals surface area (Å²) in [5.41, 5.74) is 1.34. The summed E-state index contributed by atoms with van der Waals surface area (Å²) in [5, 5.41) is 4.40. The molecule has 3 heteroatoms. The quantitative estimate of drug-likeness (QED) is 0.826. The van der Waals surface area contributed by atoms with Gasteiger partial charge in [-0.2, -0.15) is 0 Å². The molecule has 0 atom stereocenters. The summed E-state index contributed by atoms with van der Waals surface area (Å²) < 4.78 is 1.07. The standard InChI is InChI=1S/C13H19BrClN/c1-4-13(3,5-2)16-9-10-8-11(14)6-7-12(10)15/h6-8,16H,4-5,9H2,1-3H3. The summed E-state index contributed by atoms with van der Waals surface area (Å²) in [6.07, 6.45) is 2.24. The molecule has 0 aromatic heterocycles. The molecule has 1 aromatic carbocycles. The van der Waals surface area contributed by atoms with Crippen LogP contribution in [0, 0.1) is 0 Å². The van der Waals surface area contributed by atoms with Gasteiger partial charge >= 0.3 is 0 Å². The molecule has 0 unspecified atom stereocenters. The minimum atomic E-state index is 0.200. The van der Waals surface area contributed by atoms with Crippen LogP contribution >= 0.6 is 27.5 Å². The normalized spacial score (nSPS) is 11.8. The van der Waals surface area contributed by atoms with Gasteiger partial charge in [0.25, 0.3) is 0 Å². The molecular weight excluding hydrogens is 286 g/mol. The zero-order valence-electron chi connectivity index (χ0n) is 10.1. The summed E-state index contributed by atoms with van der Waals surface area (Å²) in [7, 11) is 0. The van der Waals surface area contributed by atoms with Crippen LogP contribution in [-0.2, 0) is 6.54 Å². The highest BCUT2D eigenvalue weighted by Gasteiger charge is 2.18. The zero-order chi connectivity index (χ0) is 12.2. The van der Waals surface area contributed by atoms with E-state index in [1.54, 1.807) is 0 Å². The Labute approximate surface area is 112 Å². The monoisotopic (exact) mass is 303 g/mol. The van der Waals surface area contributed by atoms with E-state index in [0.717, 1.165) is 34.4 Å². The lowest BCUT2D eigenvalue weighted by atomic mass is 9.95. The van der Waals surface area contributed by atoms with Gasteiger partial charge < -0.3 is 5.32 Å². The van der Waals surface area contributed by atoms with Crippen LogP contribution < -0.4 is 5.32 Å². The lowest BCUT2D eigenvalue weighted by molar-refractivity contribution is 0.329. The van der Waals surface area contributed by atoms with Crippen LogP contribution in [0.25, 0.3) is 0 Å². The van der Waals surface area contributed by atoms with Gasteiger partial charge in [0.1, 0.15) is 0 Å². The van der Waals surface area contributed by atoms with E-state index in [1.807, 2.05) is 12.1 Å². The van der Waals surface area contributed by atoms with Crippen LogP contribution in [0.3, 0.4) is 0 Å². The lowest BCUT2D eigenvalue weighted by Gasteiger charge is -2.28. The van der Waals surface area contributed by atoms with E-state index < -0.39 is 0 Å². The molecule has 0 spiro atoms. The van der Waals surface area contributed by atoms with Crippen LogP contribution in [0.2, 0.25) is 5.02 Å². The minimum Gasteiger partial charge on any atom is -0.307 e. The molecule has 0 saturated heterocycles. The fourth-order valence-electron chi connectivity index (χ4n) is 1.49. The van der Waals surface area contributed by atoms with E-state index in [1.165, 1.54) is 0 Å². The van der Waals surface area contributed by atoms with Crippen molar-refractivity contribution in [1.29, 1.82) is 0 Å². The maximum absolute atomic E-state index is 6.15. The van der Waals surface area contributed by atoms with Gasteiger partial charge in [0.15, 0.2) is 0 Å². The Morgan fingerprint density at radius 1 is 1.31 bits per heavy atom. The van der Waals surface area contributed by atoms with Crippen molar-refractivity contribution in [2.75, 3.05) is 0 Å². The predicted molar refractivity (Wildman–Crippen MR) is 75.0 cm³/mol. The second kappa shape index (κ2) is 6.04. The van der Waals surface area contributed by atoms with E-state index in [0.29, 0.717) is 0 Å². The Morgan fingerprint density at radius 2 is 1.94 bits per heavy atom. The lowest BCUT2D eigenvalue weighted by Crippen LogP contribution is -2.40. The molecule has 0 fully saturated rings. The third-order valence-corrected chi connectivity index (χ3v) is 4.14. The maximum atomic E-state index is 6.15. The highest BCUT2D eigenvalue weighted by molar-refractivity contribution is 9.10. The molecule has 16 heavy (non-hydrogen) atoms. The van der Waals surface area contributed by atoms with Gasteiger partial charge in [0.05, 0.1) is 0 Å². The summed E-state index contributed by atoms with van der Waals surface area (Å²) >= 11 is 9.62. The number of halogens is 2. The minimum absolute atomic E-state index is 0.200. The van der Waals surface area contributed by atoms with Crippen molar-refractivity contribution >= 4 is 27.5 Å². The van der Waals surface area contributed by atoms with Crippen molar-refractivity contribution < 1.29 is 0 Å². The Balaban J connectivity index is 2.70. The molecule has 0 amide bonds. The SMILES string of the molecule is CCC(C)(CC)NCc1cc(Br)ccc1Cl. The molecule has 1 N–H and O–H groups in total. The fourth-order valence-corrected chi connectivity index (χ4v) is 2.08. The van der Waals surface area contributed by atoms with Crippen molar-refractivity contribution in [3.63, 3.8) is 0 Å². The molecule has 90 valence electrons. The van der Waals surface area contributed by atoms with Crippen molar-refractivity contribution in [1.82, 2.24) is 5.32 Å². The highest BCUT2D eigenvalue weighted by Crippen LogP contribution is 2.22. The summed E-state index contributed by atoms with van der Waals surface area (Å²) in [5.74, 6) is 0. The third kappa shape index (κ3) is 3.76. The largest absolute Gasteiger partial charge is 0.307 e. The Morgan fingerprint density at radius 3 is 2.50 bits per heavy atom. The van der Waals surface area contributed by atoms with Gasteiger partial charge in [0, 0.05) is 21.6 Å². The third-order valence-electron chi connectivity index (χ3n) is 3.27. The molecule has 0 aliphatic rings. The van der Waals surface area contributed by atoms with Gasteiger partial charge in [0.2, 0.25) is 0 Å². The predicted octanol–water partition coefficient (Wildman–Crippen LogP) is 4.77. The van der Waals surface area contributed by atoms with E-state index in [2.05, 4.69) is 48.1 Å². The average molecular weight is 305 g/mol. The molecule has 0 saturated carbocycles. The highest BCUT2D eigenvalue weighted by atomic mass is 79.9. The number of benzene rings is 1. The van der Waals surface area contributed by atoms with Crippen molar-refractivity contribution in [2.45, 2.75) is 45.7 Å². The Bertz CT molecular complexity index is 348. The number of rotatable bonds is 5. The van der Waals surface area contributed by atoms with Crippen molar-refractivity contribution in [2.24, 2.45) is 0 Å². The Hall–Kier alpha value is -0.0500. The molecule has 0 radical (unpaired) electrons. The molecule has 1 rings (SSSR count). The van der Waals surface area contributed by atoms with E-state index in [9.17, 15) is 0 Å². The Kier molecular flexibility index (Phi) is 5.29. The average Bonchev–Trinajstić information content (AvgIpc) is 2.30. The number of nitrogens with one attached hydrogen (secondary N) is 1. The van der Waals surface area contributed by atoms with Crippen LogP contribution in [0.5, 0.6) is 0 Å². The number of hydrogen-bond acceptors (Lipinski definition) is 1. The second-order valence-electron chi connectivity index (χ2n) is 4.36. The smallest absolute Gasteiger partial charge is 0.0451 e. The van der Waals surface area contributed by atoms with Crippen molar-refractivity contribution in [3.8, 4) is 0 Å². The maximum Gasteiger partial charge on any atom is 0.0451 e. The van der Waals surface area contributed by atoms with Crippen LogP contribution in [-0.4, -0.2) is 5.54 Å². The molecule has 1 nitrogen and oxygen atoms in total. The first-order valence-electron chi connectivity index (χ1n) is 5.69. The fraction of sp³-hybridized carbons (Fsp3) is 0.538. The molecule has 0 aliphatic carbocycles. The van der Waals surface area contributed by atoms with E-state index >= 15 is 0 Å². The molecule has 1 aromatic rings. The van der Waals surface area contributed by atoms with Gasteiger partial charge in [-0.05, 0) is 43.5 Å². The zero-order valence-corrected chi connectivity index (χ0v) is 12.5. The second-order valence-corrected chi connectivity index (χ2v) is 5.68. The first-order valence-corrected chi connectivity index (χ1v) is 6.87. The first-order chi connectivity index (χ1) is 7.50. The molecule has 0 bridgehead atoms. The summed E-state index contributed by atoms with van der Waals surface area (Å²) in [6.45, 7) is 7.48. The van der Waals surface area contributed by atoms with Gasteiger partial charge in [-0.15, -0.1) is 0 Å². The first kappa shape index (κ1) is 14.0. The van der Waals surface area contributed by atoms with Crippen LogP contribution in [0.4, 0.5) is 0 Å². The molecule has 0 heterocycles. The topological polar surface area (TPSA) is 12.0 Å². The summed E-state index contributed by atoms with van der Waals surface area (Å²) in [4.78, 5) is 0. The molecule has 0 aliphatic heterocycles. The van der Waals surface area contributed by atoms with Gasteiger partial charge in [-0.25, -0.2) is 0 Å². The molecular formula is C13H19BrClN. The van der Waals surface area contributed by atoms with Crippen molar-refractivity contribution in [3.05, 3.63) is 33.3 Å². The van der Waals surface area contributed by atoms with Gasteiger partial charge in [-0.3, -0.25) is 0 Å². The summed E-state index contributed by atoms with van der Waals surface area (Å²) in [6, 6.07) is 5.96. The van der Waals surface area contributed by atoms with E-state index in [-0.39, 0.29) is 5.54 Å². The van der Waals surface area contributed by atoms with Crippen LogP contribution in [0.15, 0.2) is 22.7 Å². The van der Waals surface area contributed by atoms with Crippen LogP contribution in [0.1, 0.15) is 39.2 Å². The van der Waals surface area contributed by atoms with Gasteiger partial charge in [-0.1, -0.05) is 41.4 Å². The number of hydrogen-bond donors (Lipinski definition) is 1.